The molecule has 2 aliphatic rings. The van der Waals surface area contributed by atoms with Crippen molar-refractivity contribution < 1.29 is 19.2 Å². The molecule has 1 heterocycles. The number of fused-ring (bicyclic) bond motifs is 1. The van der Waals surface area contributed by atoms with E-state index in [4.69, 9.17) is 0 Å². The van der Waals surface area contributed by atoms with E-state index in [1.807, 2.05) is 26.0 Å². The van der Waals surface area contributed by atoms with E-state index in [1.54, 1.807) is 29.2 Å². The maximum atomic E-state index is 12.5. The van der Waals surface area contributed by atoms with E-state index >= 15 is 0 Å². The predicted molar refractivity (Wildman–Crippen MR) is 109 cm³/mol. The van der Waals surface area contributed by atoms with Gasteiger partial charge in [-0.3, -0.25) is 24.1 Å². The smallest absolute Gasteiger partial charge is 0.253 e. The maximum Gasteiger partial charge on any atom is 0.253 e. The molecule has 1 aromatic rings. The van der Waals surface area contributed by atoms with Gasteiger partial charge >= 0.3 is 0 Å². The Morgan fingerprint density at radius 1 is 1.07 bits per heavy atom. The van der Waals surface area contributed by atoms with Crippen LogP contribution in [0.3, 0.4) is 0 Å². The summed E-state index contributed by atoms with van der Waals surface area (Å²) in [6.45, 7) is 5.14. The van der Waals surface area contributed by atoms with Gasteiger partial charge in [-0.25, -0.2) is 0 Å². The minimum Gasteiger partial charge on any atom is -0.339 e. The SMILES string of the molecule is CCN(CC)C(=O)c1cccc(NC(=O)CCN2C(=O)[C@@H]3CC=CC[C@H]3C2=O)c1. The Morgan fingerprint density at radius 3 is 2.28 bits per heavy atom. The number of rotatable bonds is 7. The first kappa shape index (κ1) is 20.8. The normalized spacial score (nSPS) is 20.6. The number of nitrogens with zero attached hydrogens (tertiary/aromatic N) is 2. The molecule has 4 amide bonds. The molecule has 29 heavy (non-hydrogen) atoms. The van der Waals surface area contributed by atoms with Crippen molar-refractivity contribution >= 4 is 29.3 Å². The minimum absolute atomic E-state index is 0.0264. The van der Waals surface area contributed by atoms with Crippen molar-refractivity contribution in [2.24, 2.45) is 11.8 Å². The van der Waals surface area contributed by atoms with Crippen LogP contribution in [0.25, 0.3) is 0 Å². The summed E-state index contributed by atoms with van der Waals surface area (Å²) in [5, 5.41) is 2.76. The van der Waals surface area contributed by atoms with Crippen LogP contribution >= 0.6 is 0 Å². The third kappa shape index (κ3) is 4.39. The molecule has 1 saturated heterocycles. The highest BCUT2D eigenvalue weighted by Crippen LogP contribution is 2.35. The van der Waals surface area contributed by atoms with Gasteiger partial charge in [-0.2, -0.15) is 0 Å². The first-order valence-electron chi connectivity index (χ1n) is 10.2. The van der Waals surface area contributed by atoms with Gasteiger partial charge in [-0.15, -0.1) is 0 Å². The first-order chi connectivity index (χ1) is 14.0. The van der Waals surface area contributed by atoms with Crippen molar-refractivity contribution in [3.8, 4) is 0 Å². The molecule has 7 heteroatoms. The Labute approximate surface area is 170 Å². The Kier molecular flexibility index (Phi) is 6.46. The topological polar surface area (TPSA) is 86.8 Å². The van der Waals surface area contributed by atoms with Gasteiger partial charge in [0.15, 0.2) is 0 Å². The zero-order valence-electron chi connectivity index (χ0n) is 16.9. The van der Waals surface area contributed by atoms with Crippen molar-refractivity contribution in [2.75, 3.05) is 25.0 Å². The van der Waals surface area contributed by atoms with Crippen LogP contribution in [0, 0.1) is 11.8 Å². The predicted octanol–water partition coefficient (Wildman–Crippen LogP) is 2.45. The Morgan fingerprint density at radius 2 is 1.69 bits per heavy atom. The highest BCUT2D eigenvalue weighted by Gasteiger charge is 2.46. The monoisotopic (exact) mass is 397 g/mol. The number of carbonyl (C=O) groups excluding carboxylic acids is 4. The van der Waals surface area contributed by atoms with Crippen LogP contribution < -0.4 is 5.32 Å². The van der Waals surface area contributed by atoms with Crippen LogP contribution in [-0.2, 0) is 14.4 Å². The van der Waals surface area contributed by atoms with Gasteiger partial charge in [-0.1, -0.05) is 18.2 Å². The van der Waals surface area contributed by atoms with Crippen LogP contribution in [0.2, 0.25) is 0 Å². The molecular weight excluding hydrogens is 370 g/mol. The fourth-order valence-corrected chi connectivity index (χ4v) is 3.95. The fraction of sp³-hybridized carbons (Fsp3) is 0.455. The van der Waals surface area contributed by atoms with Gasteiger partial charge in [0.2, 0.25) is 17.7 Å². The number of hydrogen-bond acceptors (Lipinski definition) is 4. The Bertz CT molecular complexity index is 818. The summed E-state index contributed by atoms with van der Waals surface area (Å²) in [6.07, 6.45) is 5.08. The van der Waals surface area contributed by atoms with E-state index in [0.717, 1.165) is 0 Å². The molecule has 154 valence electrons. The van der Waals surface area contributed by atoms with Gasteiger partial charge < -0.3 is 10.2 Å². The average molecular weight is 397 g/mol. The zero-order valence-corrected chi connectivity index (χ0v) is 16.9. The van der Waals surface area contributed by atoms with E-state index in [0.29, 0.717) is 37.2 Å². The molecule has 1 N–H and O–H groups in total. The lowest BCUT2D eigenvalue weighted by atomic mass is 9.85. The third-order valence-corrected chi connectivity index (χ3v) is 5.61. The minimum atomic E-state index is -0.300. The number of nitrogens with one attached hydrogen (secondary N) is 1. The number of carbonyl (C=O) groups is 4. The van der Waals surface area contributed by atoms with E-state index < -0.39 is 0 Å². The van der Waals surface area contributed by atoms with Gasteiger partial charge in [0.1, 0.15) is 0 Å². The first-order valence-corrected chi connectivity index (χ1v) is 10.2. The molecule has 7 nitrogen and oxygen atoms in total. The quantitative estimate of drug-likeness (QED) is 0.566. The Balaban J connectivity index is 1.58. The number of anilines is 1. The highest BCUT2D eigenvalue weighted by molar-refractivity contribution is 6.06. The molecule has 0 unspecified atom stereocenters. The molecule has 1 aliphatic heterocycles. The number of amides is 4. The summed E-state index contributed by atoms with van der Waals surface area (Å²) in [4.78, 5) is 52.7. The molecule has 0 radical (unpaired) electrons. The van der Waals surface area contributed by atoms with Gasteiger partial charge in [0.05, 0.1) is 11.8 Å². The summed E-state index contributed by atoms with van der Waals surface area (Å²) in [7, 11) is 0. The summed E-state index contributed by atoms with van der Waals surface area (Å²) in [6, 6.07) is 6.79. The summed E-state index contributed by atoms with van der Waals surface area (Å²) in [5.74, 6) is -1.30. The number of allylic oxidation sites excluding steroid dienone is 2. The standard InChI is InChI=1S/C22H27N3O4/c1-3-24(4-2)20(27)15-8-7-9-16(14-15)23-19(26)12-13-25-21(28)17-10-5-6-11-18(17)22(25)29/h5-9,14,17-18H,3-4,10-13H2,1-2H3,(H,23,26)/t17-,18-/m1/s1. The van der Waals surface area contributed by atoms with Crippen LogP contribution in [0.15, 0.2) is 36.4 Å². The van der Waals surface area contributed by atoms with Crippen LogP contribution in [-0.4, -0.2) is 53.1 Å². The molecular formula is C22H27N3O4. The van der Waals surface area contributed by atoms with Gasteiger partial charge in [0.25, 0.3) is 5.91 Å². The van der Waals surface area contributed by atoms with Crippen molar-refractivity contribution in [1.82, 2.24) is 9.80 Å². The van der Waals surface area contributed by atoms with E-state index in [2.05, 4.69) is 5.32 Å². The van der Waals surface area contributed by atoms with Crippen LogP contribution in [0.1, 0.15) is 43.5 Å². The van der Waals surface area contributed by atoms with Crippen LogP contribution in [0.5, 0.6) is 0 Å². The molecule has 1 aliphatic carbocycles. The van der Waals surface area contributed by atoms with E-state index in [1.165, 1.54) is 4.90 Å². The number of benzene rings is 1. The molecule has 1 aromatic carbocycles. The largest absolute Gasteiger partial charge is 0.339 e. The summed E-state index contributed by atoms with van der Waals surface area (Å²) in [5.41, 5.74) is 1.03. The second-order valence-corrected chi connectivity index (χ2v) is 7.34. The van der Waals surface area contributed by atoms with Gasteiger partial charge in [-0.05, 0) is 44.9 Å². The number of likely N-dealkylation sites (tertiary alicyclic amines) is 1. The lowest BCUT2D eigenvalue weighted by Crippen LogP contribution is -2.34. The Hall–Kier alpha value is -2.96. The fourth-order valence-electron chi connectivity index (χ4n) is 3.95. The summed E-state index contributed by atoms with van der Waals surface area (Å²) < 4.78 is 0. The lowest BCUT2D eigenvalue weighted by molar-refractivity contribution is -0.140. The average Bonchev–Trinajstić information content (AvgIpc) is 2.98. The molecule has 3 rings (SSSR count). The maximum absolute atomic E-state index is 12.5. The molecule has 0 spiro atoms. The number of imide groups is 1. The van der Waals surface area contributed by atoms with Crippen LogP contribution in [0.4, 0.5) is 5.69 Å². The molecule has 0 aromatic heterocycles. The van der Waals surface area contributed by atoms with Crippen molar-refractivity contribution in [2.45, 2.75) is 33.1 Å². The van der Waals surface area contributed by atoms with Crippen molar-refractivity contribution in [3.63, 3.8) is 0 Å². The zero-order chi connectivity index (χ0) is 21.0. The van der Waals surface area contributed by atoms with Crippen molar-refractivity contribution in [3.05, 3.63) is 42.0 Å². The van der Waals surface area contributed by atoms with Crippen molar-refractivity contribution in [1.29, 1.82) is 0 Å². The highest BCUT2D eigenvalue weighted by atomic mass is 16.2. The third-order valence-electron chi connectivity index (χ3n) is 5.61. The second-order valence-electron chi connectivity index (χ2n) is 7.34. The molecule has 1 fully saturated rings. The number of hydrogen-bond donors (Lipinski definition) is 1. The molecule has 0 saturated carbocycles. The molecule has 0 bridgehead atoms. The molecule has 2 atom stereocenters. The van der Waals surface area contributed by atoms with E-state index in [9.17, 15) is 19.2 Å². The van der Waals surface area contributed by atoms with E-state index in [-0.39, 0.29) is 48.4 Å². The second kappa shape index (κ2) is 9.03. The summed E-state index contributed by atoms with van der Waals surface area (Å²) >= 11 is 0. The van der Waals surface area contributed by atoms with Gasteiger partial charge in [0, 0.05) is 37.3 Å². The lowest BCUT2D eigenvalue weighted by Gasteiger charge is -2.19.